The molecule has 0 amide bonds. The summed E-state index contributed by atoms with van der Waals surface area (Å²) in [6.07, 6.45) is 0. The molecule has 0 atom stereocenters. The molecule has 0 aliphatic rings. The summed E-state index contributed by atoms with van der Waals surface area (Å²) in [6.45, 7) is 7.75. The second kappa shape index (κ2) is 3.82. The summed E-state index contributed by atoms with van der Waals surface area (Å²) in [5, 5.41) is 6.18. The normalized spacial score (nSPS) is 12.0. The fourth-order valence-corrected chi connectivity index (χ4v) is 0.797. The van der Waals surface area contributed by atoms with Gasteiger partial charge in [0.25, 0.3) is 0 Å². The molecular weight excluding hydrogens is 114 g/mol. The summed E-state index contributed by atoms with van der Waals surface area (Å²) in [6, 6.07) is 0. The molecule has 3 nitrogen and oxygen atoms in total. The maximum Gasteiger partial charge on any atom is 0.117 e. The summed E-state index contributed by atoms with van der Waals surface area (Å²) in [5.74, 6) is -0.399. The highest BCUT2D eigenvalue weighted by Crippen LogP contribution is 1.83. The summed E-state index contributed by atoms with van der Waals surface area (Å²) in [7, 11) is 0. The third-order valence-corrected chi connectivity index (χ3v) is 1.09. The van der Waals surface area contributed by atoms with E-state index in [1.807, 2.05) is 20.8 Å². The van der Waals surface area contributed by atoms with Crippen molar-refractivity contribution in [3.05, 3.63) is 0 Å². The average molecular weight is 131 g/mol. The van der Waals surface area contributed by atoms with Gasteiger partial charge in [0, 0.05) is 0 Å². The van der Waals surface area contributed by atoms with Crippen LogP contribution < -0.4 is 16.4 Å². The van der Waals surface area contributed by atoms with E-state index in [0.29, 0.717) is 0 Å². The lowest BCUT2D eigenvalue weighted by molar-refractivity contribution is 0.305. The first-order valence-electron chi connectivity index (χ1n) is 3.41. The minimum Gasteiger partial charge on any atom is -0.301 e. The van der Waals surface area contributed by atoms with E-state index in [2.05, 4.69) is 10.6 Å². The van der Waals surface area contributed by atoms with E-state index < -0.39 is 5.79 Å². The Morgan fingerprint density at radius 3 is 1.78 bits per heavy atom. The number of nitrogens with one attached hydrogen (secondary N) is 2. The Morgan fingerprint density at radius 1 is 1.22 bits per heavy atom. The molecule has 0 fully saturated rings. The molecule has 0 saturated heterocycles. The Hall–Kier alpha value is -0.120. The van der Waals surface area contributed by atoms with E-state index in [9.17, 15) is 0 Å². The zero-order chi connectivity index (χ0) is 7.33. The van der Waals surface area contributed by atoms with Crippen LogP contribution in [0.3, 0.4) is 0 Å². The van der Waals surface area contributed by atoms with Gasteiger partial charge in [-0.1, -0.05) is 13.8 Å². The average Bonchev–Trinajstić information content (AvgIpc) is 1.64. The smallest absolute Gasteiger partial charge is 0.117 e. The fourth-order valence-electron chi connectivity index (χ4n) is 0.797. The van der Waals surface area contributed by atoms with Crippen molar-refractivity contribution in [1.29, 1.82) is 0 Å². The van der Waals surface area contributed by atoms with Crippen LogP contribution in [0.2, 0.25) is 0 Å². The SMILES string of the molecule is CCNC(C)(N)NCC. The van der Waals surface area contributed by atoms with Gasteiger partial charge in [-0.2, -0.15) is 0 Å². The second-order valence-corrected chi connectivity index (χ2v) is 2.26. The molecule has 0 aromatic carbocycles. The number of rotatable bonds is 4. The van der Waals surface area contributed by atoms with Gasteiger partial charge in [0.15, 0.2) is 0 Å². The molecule has 0 rings (SSSR count). The van der Waals surface area contributed by atoms with Crippen LogP contribution in [0.25, 0.3) is 0 Å². The molecule has 4 N–H and O–H groups in total. The minimum absolute atomic E-state index is 0.399. The fraction of sp³-hybridized carbons (Fsp3) is 1.00. The Kier molecular flexibility index (Phi) is 3.77. The predicted octanol–water partition coefficient (Wildman–Crippen LogP) is -0.162. The molecule has 0 aliphatic carbocycles. The van der Waals surface area contributed by atoms with Gasteiger partial charge in [0.1, 0.15) is 5.79 Å². The van der Waals surface area contributed by atoms with Gasteiger partial charge in [0.05, 0.1) is 0 Å². The first-order chi connectivity index (χ1) is 4.12. The molecule has 0 aliphatic heterocycles. The number of nitrogens with two attached hydrogens (primary N) is 1. The van der Waals surface area contributed by atoms with E-state index in [4.69, 9.17) is 5.73 Å². The van der Waals surface area contributed by atoms with Crippen LogP contribution in [-0.2, 0) is 0 Å². The maximum atomic E-state index is 5.72. The predicted molar refractivity (Wildman–Crippen MR) is 39.9 cm³/mol. The minimum atomic E-state index is -0.399. The van der Waals surface area contributed by atoms with Gasteiger partial charge in [-0.15, -0.1) is 0 Å². The summed E-state index contributed by atoms with van der Waals surface area (Å²) in [5.41, 5.74) is 5.72. The standard InChI is InChI=1S/C6H17N3/c1-4-8-6(3,7)9-5-2/h8-9H,4-5,7H2,1-3H3. The largest absolute Gasteiger partial charge is 0.301 e. The Labute approximate surface area is 57.0 Å². The molecule has 0 spiro atoms. The zero-order valence-electron chi connectivity index (χ0n) is 6.49. The monoisotopic (exact) mass is 131 g/mol. The summed E-state index contributed by atoms with van der Waals surface area (Å²) >= 11 is 0. The first-order valence-corrected chi connectivity index (χ1v) is 3.41. The van der Waals surface area contributed by atoms with E-state index in [0.717, 1.165) is 13.1 Å². The van der Waals surface area contributed by atoms with Crippen LogP contribution >= 0.6 is 0 Å². The molecule has 3 heteroatoms. The van der Waals surface area contributed by atoms with E-state index in [-0.39, 0.29) is 0 Å². The highest BCUT2D eigenvalue weighted by molar-refractivity contribution is 4.69. The molecule has 0 bridgehead atoms. The van der Waals surface area contributed by atoms with E-state index >= 15 is 0 Å². The van der Waals surface area contributed by atoms with Crippen LogP contribution in [0, 0.1) is 0 Å². The van der Waals surface area contributed by atoms with Gasteiger partial charge >= 0.3 is 0 Å². The maximum absolute atomic E-state index is 5.72. The zero-order valence-corrected chi connectivity index (χ0v) is 6.49. The lowest BCUT2D eigenvalue weighted by atomic mass is 10.4. The van der Waals surface area contributed by atoms with E-state index in [1.54, 1.807) is 0 Å². The molecule has 9 heavy (non-hydrogen) atoms. The molecule has 0 saturated carbocycles. The van der Waals surface area contributed by atoms with Gasteiger partial charge in [-0.05, 0) is 20.0 Å². The summed E-state index contributed by atoms with van der Waals surface area (Å²) < 4.78 is 0. The number of hydrogen-bond acceptors (Lipinski definition) is 3. The quantitative estimate of drug-likeness (QED) is 0.465. The van der Waals surface area contributed by atoms with Gasteiger partial charge in [0.2, 0.25) is 0 Å². The van der Waals surface area contributed by atoms with Crippen molar-refractivity contribution in [2.24, 2.45) is 5.73 Å². The van der Waals surface area contributed by atoms with Crippen molar-refractivity contribution < 1.29 is 0 Å². The second-order valence-electron chi connectivity index (χ2n) is 2.26. The van der Waals surface area contributed by atoms with Crippen molar-refractivity contribution in [1.82, 2.24) is 10.6 Å². The molecular formula is C6H17N3. The summed E-state index contributed by atoms with van der Waals surface area (Å²) in [4.78, 5) is 0. The van der Waals surface area contributed by atoms with Crippen LogP contribution in [0.4, 0.5) is 0 Å². The van der Waals surface area contributed by atoms with Crippen LogP contribution in [-0.4, -0.2) is 18.9 Å². The van der Waals surface area contributed by atoms with Crippen molar-refractivity contribution in [2.75, 3.05) is 13.1 Å². The van der Waals surface area contributed by atoms with Gasteiger partial charge in [-0.3, -0.25) is 10.6 Å². The van der Waals surface area contributed by atoms with E-state index in [1.165, 1.54) is 0 Å². The lowest BCUT2D eigenvalue weighted by Gasteiger charge is -2.26. The molecule has 0 aromatic rings. The number of hydrogen-bond donors (Lipinski definition) is 3. The topological polar surface area (TPSA) is 50.1 Å². The van der Waals surface area contributed by atoms with Gasteiger partial charge < -0.3 is 5.73 Å². The van der Waals surface area contributed by atoms with Crippen molar-refractivity contribution in [2.45, 2.75) is 26.6 Å². The lowest BCUT2D eigenvalue weighted by Crippen LogP contribution is -2.61. The van der Waals surface area contributed by atoms with Crippen molar-refractivity contribution in [3.63, 3.8) is 0 Å². The van der Waals surface area contributed by atoms with Gasteiger partial charge in [-0.25, -0.2) is 0 Å². The molecule has 0 unspecified atom stereocenters. The Bertz CT molecular complexity index is 62.7. The van der Waals surface area contributed by atoms with Crippen LogP contribution in [0.5, 0.6) is 0 Å². The Morgan fingerprint density at radius 2 is 1.56 bits per heavy atom. The highest BCUT2D eigenvalue weighted by Gasteiger charge is 2.12. The van der Waals surface area contributed by atoms with Crippen molar-refractivity contribution >= 4 is 0 Å². The van der Waals surface area contributed by atoms with Crippen LogP contribution in [0.1, 0.15) is 20.8 Å². The van der Waals surface area contributed by atoms with Crippen LogP contribution in [0.15, 0.2) is 0 Å². The molecule has 0 radical (unpaired) electrons. The van der Waals surface area contributed by atoms with Crippen molar-refractivity contribution in [3.8, 4) is 0 Å². The molecule has 0 heterocycles. The Balaban J connectivity index is 3.43. The third-order valence-electron chi connectivity index (χ3n) is 1.09. The third kappa shape index (κ3) is 4.39. The highest BCUT2D eigenvalue weighted by atomic mass is 15.3. The molecule has 0 aromatic heterocycles. The first kappa shape index (κ1) is 8.88. The molecule has 56 valence electrons.